The summed E-state index contributed by atoms with van der Waals surface area (Å²) in [6, 6.07) is 0. The Labute approximate surface area is 122 Å². The predicted molar refractivity (Wildman–Crippen MR) is 73.6 cm³/mol. The van der Waals surface area contributed by atoms with Crippen molar-refractivity contribution in [2.75, 3.05) is 7.11 Å². The van der Waals surface area contributed by atoms with E-state index in [1.807, 2.05) is 0 Å². The number of fused-ring (bicyclic) bond motifs is 1. The Morgan fingerprint density at radius 3 is 2.71 bits per heavy atom. The largest absolute Gasteiger partial charge is 0.507 e. The van der Waals surface area contributed by atoms with Crippen molar-refractivity contribution >= 4 is 11.9 Å². The fourth-order valence-electron chi connectivity index (χ4n) is 2.55. The molecule has 1 aromatic carbocycles. The summed E-state index contributed by atoms with van der Waals surface area (Å²) in [6.07, 6.45) is 0.649. The number of phenolic OH excluding ortho intramolecular Hbond substituents is 1. The number of aromatic hydroxyl groups is 1. The molecule has 0 bridgehead atoms. The van der Waals surface area contributed by atoms with Crippen molar-refractivity contribution in [3.63, 3.8) is 0 Å². The molecule has 0 saturated carbocycles. The maximum absolute atomic E-state index is 11.7. The third kappa shape index (κ3) is 2.53. The van der Waals surface area contributed by atoms with Crippen LogP contribution in [-0.2, 0) is 22.6 Å². The second-order valence-electron chi connectivity index (χ2n) is 5.19. The molecule has 0 fully saturated rings. The first-order valence-electron chi connectivity index (χ1n) is 6.69. The Morgan fingerprint density at radius 2 is 2.14 bits per heavy atom. The Bertz CT molecular complexity index is 605. The molecular weight excluding hydrogens is 276 g/mol. The number of hydrogen-bond donors (Lipinski definition) is 2. The highest BCUT2D eigenvalue weighted by Crippen LogP contribution is 2.42. The minimum Gasteiger partial charge on any atom is -0.507 e. The number of cyclic esters (lactones) is 1. The summed E-state index contributed by atoms with van der Waals surface area (Å²) in [5.74, 6) is -1.67. The second kappa shape index (κ2) is 5.63. The maximum Gasteiger partial charge on any atom is 0.342 e. The van der Waals surface area contributed by atoms with Crippen LogP contribution >= 0.6 is 0 Å². The van der Waals surface area contributed by atoms with E-state index in [1.54, 1.807) is 13.8 Å². The number of carboxylic acid groups (broad SMARTS) is 1. The fourth-order valence-corrected chi connectivity index (χ4v) is 2.55. The molecule has 1 aliphatic rings. The lowest BCUT2D eigenvalue weighted by Crippen LogP contribution is -2.11. The number of aliphatic carboxylic acids is 1. The number of carbonyl (C=O) groups is 2. The van der Waals surface area contributed by atoms with E-state index in [-0.39, 0.29) is 17.9 Å². The molecule has 1 aliphatic heterocycles. The Kier molecular flexibility index (Phi) is 4.06. The number of carbonyl (C=O) groups excluding carboxylic acids is 1. The van der Waals surface area contributed by atoms with Gasteiger partial charge in [0.25, 0.3) is 0 Å². The Hall–Kier alpha value is -2.24. The first-order valence-corrected chi connectivity index (χ1v) is 6.69. The Morgan fingerprint density at radius 1 is 1.48 bits per heavy atom. The molecule has 21 heavy (non-hydrogen) atoms. The van der Waals surface area contributed by atoms with Crippen LogP contribution in [0.2, 0.25) is 0 Å². The zero-order chi connectivity index (χ0) is 15.7. The molecule has 0 unspecified atom stereocenters. The average Bonchev–Trinajstić information content (AvgIpc) is 2.83. The molecule has 0 aliphatic carbocycles. The fraction of sp³-hybridized carbons (Fsp3) is 0.467. The standard InChI is InChI=1S/C15H18O6/c1-7(14(17)18)4-5-9-12(16)11-10(6-21-15(11)19)8(2)13(9)20-3/h7,16H,4-6H2,1-3H3,(H,17,18)/t7-/m1/s1. The van der Waals surface area contributed by atoms with E-state index < -0.39 is 17.9 Å². The molecule has 2 N–H and O–H groups in total. The van der Waals surface area contributed by atoms with Crippen molar-refractivity contribution in [3.8, 4) is 11.5 Å². The van der Waals surface area contributed by atoms with Crippen molar-refractivity contribution in [3.05, 3.63) is 22.3 Å². The highest BCUT2D eigenvalue weighted by Gasteiger charge is 2.32. The summed E-state index contributed by atoms with van der Waals surface area (Å²) in [4.78, 5) is 22.6. The van der Waals surface area contributed by atoms with Gasteiger partial charge in [-0.25, -0.2) is 4.79 Å². The van der Waals surface area contributed by atoms with Crippen molar-refractivity contribution in [2.45, 2.75) is 33.3 Å². The van der Waals surface area contributed by atoms with Gasteiger partial charge in [0.15, 0.2) is 0 Å². The molecule has 2 rings (SSSR count). The molecular formula is C15H18O6. The van der Waals surface area contributed by atoms with Gasteiger partial charge in [0.2, 0.25) is 0 Å². The second-order valence-corrected chi connectivity index (χ2v) is 5.19. The molecule has 114 valence electrons. The topological polar surface area (TPSA) is 93.1 Å². The number of phenols is 1. The van der Waals surface area contributed by atoms with Crippen LogP contribution < -0.4 is 4.74 Å². The van der Waals surface area contributed by atoms with Crippen molar-refractivity contribution in [1.29, 1.82) is 0 Å². The molecule has 1 aromatic rings. The SMILES string of the molecule is COc1c(C)c2c(c(O)c1CC[C@@H](C)C(=O)O)C(=O)OC2. The molecule has 1 heterocycles. The van der Waals surface area contributed by atoms with E-state index in [9.17, 15) is 14.7 Å². The number of ether oxygens (including phenoxy) is 2. The van der Waals surface area contributed by atoms with Gasteiger partial charge in [-0.3, -0.25) is 4.79 Å². The lowest BCUT2D eigenvalue weighted by molar-refractivity contribution is -0.141. The monoisotopic (exact) mass is 294 g/mol. The zero-order valence-electron chi connectivity index (χ0n) is 12.2. The number of rotatable bonds is 5. The molecule has 0 spiro atoms. The number of methoxy groups -OCH3 is 1. The van der Waals surface area contributed by atoms with E-state index in [2.05, 4.69) is 0 Å². The van der Waals surface area contributed by atoms with Crippen LogP contribution in [0.5, 0.6) is 11.5 Å². The van der Waals surface area contributed by atoms with Gasteiger partial charge in [-0.1, -0.05) is 6.92 Å². The molecule has 0 aromatic heterocycles. The van der Waals surface area contributed by atoms with Crippen LogP contribution in [0.1, 0.15) is 40.4 Å². The van der Waals surface area contributed by atoms with E-state index in [0.717, 1.165) is 5.56 Å². The predicted octanol–water partition coefficient (Wildman–Crippen LogP) is 2.03. The summed E-state index contributed by atoms with van der Waals surface area (Å²) in [5, 5.41) is 19.3. The van der Waals surface area contributed by atoms with Gasteiger partial charge in [-0.15, -0.1) is 0 Å². The lowest BCUT2D eigenvalue weighted by atomic mass is 9.92. The van der Waals surface area contributed by atoms with E-state index in [4.69, 9.17) is 14.6 Å². The lowest BCUT2D eigenvalue weighted by Gasteiger charge is -2.17. The molecule has 6 nitrogen and oxygen atoms in total. The molecule has 6 heteroatoms. The normalized spacial score (nSPS) is 14.5. The average molecular weight is 294 g/mol. The van der Waals surface area contributed by atoms with Gasteiger partial charge in [-0.2, -0.15) is 0 Å². The number of carboxylic acids is 1. The van der Waals surface area contributed by atoms with Gasteiger partial charge < -0.3 is 19.7 Å². The van der Waals surface area contributed by atoms with Crippen LogP contribution in [0.4, 0.5) is 0 Å². The van der Waals surface area contributed by atoms with Gasteiger partial charge in [0.05, 0.1) is 13.0 Å². The smallest absolute Gasteiger partial charge is 0.342 e. The van der Waals surface area contributed by atoms with E-state index in [1.165, 1.54) is 7.11 Å². The van der Waals surface area contributed by atoms with Crippen molar-refractivity contribution in [2.24, 2.45) is 5.92 Å². The summed E-state index contributed by atoms with van der Waals surface area (Å²) in [6.45, 7) is 3.51. The zero-order valence-corrected chi connectivity index (χ0v) is 12.2. The van der Waals surface area contributed by atoms with Crippen LogP contribution in [0, 0.1) is 12.8 Å². The quantitative estimate of drug-likeness (QED) is 0.807. The molecule has 0 amide bonds. The number of hydrogen-bond acceptors (Lipinski definition) is 5. The Balaban J connectivity index is 2.45. The van der Waals surface area contributed by atoms with Gasteiger partial charge in [0, 0.05) is 11.1 Å². The minimum absolute atomic E-state index is 0.121. The minimum atomic E-state index is -0.897. The van der Waals surface area contributed by atoms with Crippen LogP contribution in [0.25, 0.3) is 0 Å². The molecule has 0 radical (unpaired) electrons. The third-order valence-corrected chi connectivity index (χ3v) is 3.90. The van der Waals surface area contributed by atoms with E-state index in [0.29, 0.717) is 29.7 Å². The maximum atomic E-state index is 11.7. The number of esters is 1. The van der Waals surface area contributed by atoms with Gasteiger partial charge in [-0.05, 0) is 25.3 Å². The highest BCUT2D eigenvalue weighted by atomic mass is 16.5. The molecule has 1 atom stereocenters. The van der Waals surface area contributed by atoms with Crippen molar-refractivity contribution < 1.29 is 29.3 Å². The summed E-state index contributed by atoms with van der Waals surface area (Å²) in [5.41, 5.74) is 2.01. The van der Waals surface area contributed by atoms with Crippen LogP contribution in [0.15, 0.2) is 0 Å². The first-order chi connectivity index (χ1) is 9.88. The van der Waals surface area contributed by atoms with Crippen LogP contribution in [0.3, 0.4) is 0 Å². The summed E-state index contributed by atoms with van der Waals surface area (Å²) in [7, 11) is 1.48. The van der Waals surface area contributed by atoms with Gasteiger partial charge >= 0.3 is 11.9 Å². The third-order valence-electron chi connectivity index (χ3n) is 3.90. The summed E-state index contributed by atoms with van der Waals surface area (Å²) >= 11 is 0. The van der Waals surface area contributed by atoms with E-state index >= 15 is 0 Å². The first kappa shape index (κ1) is 15.2. The summed E-state index contributed by atoms with van der Waals surface area (Å²) < 4.78 is 10.3. The van der Waals surface area contributed by atoms with Crippen molar-refractivity contribution in [1.82, 2.24) is 0 Å². The van der Waals surface area contributed by atoms with Crippen LogP contribution in [-0.4, -0.2) is 29.3 Å². The number of benzene rings is 1. The highest BCUT2D eigenvalue weighted by molar-refractivity contribution is 5.98. The van der Waals surface area contributed by atoms with Gasteiger partial charge in [0.1, 0.15) is 23.7 Å². The molecule has 0 saturated heterocycles.